The van der Waals surface area contributed by atoms with Crippen LogP contribution in [0.5, 0.6) is 5.75 Å². The Bertz CT molecular complexity index is 1170. The van der Waals surface area contributed by atoms with Crippen molar-refractivity contribution in [3.63, 3.8) is 0 Å². The molecule has 1 heterocycles. The third kappa shape index (κ3) is 3.36. The van der Waals surface area contributed by atoms with E-state index in [0.29, 0.717) is 17.0 Å². The molecule has 6 heteroatoms. The van der Waals surface area contributed by atoms with E-state index in [9.17, 15) is 4.79 Å². The molecule has 2 amide bonds. The summed E-state index contributed by atoms with van der Waals surface area (Å²) in [5.41, 5.74) is 3.73. The number of thiazole rings is 1. The molecule has 2 N–H and O–H groups in total. The van der Waals surface area contributed by atoms with E-state index in [1.807, 2.05) is 18.2 Å². The van der Waals surface area contributed by atoms with Crippen LogP contribution in [0.25, 0.3) is 10.2 Å². The van der Waals surface area contributed by atoms with Crippen molar-refractivity contribution in [2.75, 3.05) is 12.4 Å². The van der Waals surface area contributed by atoms with Gasteiger partial charge in [0.15, 0.2) is 5.13 Å². The van der Waals surface area contributed by atoms with E-state index in [1.165, 1.54) is 41.7 Å². The summed E-state index contributed by atoms with van der Waals surface area (Å²) in [4.78, 5) is 17.7. The van der Waals surface area contributed by atoms with Crippen LogP contribution in [0.4, 0.5) is 9.93 Å². The summed E-state index contributed by atoms with van der Waals surface area (Å²) in [5, 5.41) is 7.09. The second kappa shape index (κ2) is 7.20. The molecule has 0 saturated heterocycles. The first kappa shape index (κ1) is 20.0. The molecule has 2 atom stereocenters. The first-order chi connectivity index (χ1) is 15.4. The van der Waals surface area contributed by atoms with Crippen molar-refractivity contribution in [2.45, 2.75) is 56.4 Å². The summed E-state index contributed by atoms with van der Waals surface area (Å²) in [6.45, 7) is 2.15. The SMILES string of the molecule is COc1ccc2nc(NC(=O)NC34C[C@H]5C[C@H](C3)CC(c3ccc(C)cc3)(C5)C4)sc2c1. The lowest BCUT2D eigenvalue weighted by Gasteiger charge is -2.62. The molecule has 0 spiro atoms. The zero-order valence-corrected chi connectivity index (χ0v) is 19.4. The van der Waals surface area contributed by atoms with Gasteiger partial charge in [0.1, 0.15) is 5.75 Å². The van der Waals surface area contributed by atoms with Crippen LogP contribution >= 0.6 is 11.3 Å². The maximum atomic E-state index is 13.1. The van der Waals surface area contributed by atoms with Crippen LogP contribution in [0.1, 0.15) is 49.7 Å². The Labute approximate surface area is 192 Å². The number of methoxy groups -OCH3 is 1. The van der Waals surface area contributed by atoms with Crippen LogP contribution in [0.3, 0.4) is 0 Å². The molecule has 166 valence electrons. The molecule has 0 unspecified atom stereocenters. The summed E-state index contributed by atoms with van der Waals surface area (Å²) in [6, 6.07) is 14.8. The third-order valence-electron chi connectivity index (χ3n) is 7.92. The molecular formula is C26H29N3O2S. The largest absolute Gasteiger partial charge is 0.497 e. The Morgan fingerprint density at radius 1 is 1.09 bits per heavy atom. The van der Waals surface area contributed by atoms with E-state index in [4.69, 9.17) is 4.74 Å². The van der Waals surface area contributed by atoms with Crippen LogP contribution in [0, 0.1) is 18.8 Å². The Balaban J connectivity index is 1.23. The molecule has 5 nitrogen and oxygen atoms in total. The van der Waals surface area contributed by atoms with Gasteiger partial charge in [-0.25, -0.2) is 9.78 Å². The molecule has 4 aliphatic carbocycles. The van der Waals surface area contributed by atoms with E-state index in [2.05, 4.69) is 46.8 Å². The predicted molar refractivity (Wildman–Crippen MR) is 129 cm³/mol. The number of amides is 2. The summed E-state index contributed by atoms with van der Waals surface area (Å²) >= 11 is 1.48. The summed E-state index contributed by atoms with van der Waals surface area (Å²) in [5.74, 6) is 2.20. The van der Waals surface area contributed by atoms with Crippen molar-refractivity contribution in [3.8, 4) is 5.75 Å². The number of nitrogens with one attached hydrogen (secondary N) is 2. The number of aryl methyl sites for hydroxylation is 1. The highest BCUT2D eigenvalue weighted by Gasteiger charge is 2.58. The fourth-order valence-electron chi connectivity index (χ4n) is 7.11. The van der Waals surface area contributed by atoms with Crippen molar-refractivity contribution in [3.05, 3.63) is 53.6 Å². The number of urea groups is 1. The lowest BCUT2D eigenvalue weighted by molar-refractivity contribution is -0.0343. The van der Waals surface area contributed by atoms with Gasteiger partial charge in [0, 0.05) is 5.54 Å². The van der Waals surface area contributed by atoms with Gasteiger partial charge >= 0.3 is 6.03 Å². The number of aromatic nitrogens is 1. The first-order valence-electron chi connectivity index (χ1n) is 11.6. The number of nitrogens with zero attached hydrogens (tertiary/aromatic N) is 1. The summed E-state index contributed by atoms with van der Waals surface area (Å²) in [7, 11) is 1.66. The van der Waals surface area contributed by atoms with Crippen LogP contribution < -0.4 is 15.4 Å². The molecule has 1 aromatic heterocycles. The minimum atomic E-state index is -0.128. The van der Waals surface area contributed by atoms with Gasteiger partial charge in [-0.3, -0.25) is 5.32 Å². The molecule has 4 bridgehead atoms. The number of fused-ring (bicyclic) bond motifs is 1. The average molecular weight is 448 g/mol. The molecule has 4 saturated carbocycles. The second-order valence-corrected chi connectivity index (χ2v) is 11.4. The maximum absolute atomic E-state index is 13.1. The molecule has 32 heavy (non-hydrogen) atoms. The number of rotatable bonds is 4. The van der Waals surface area contributed by atoms with Gasteiger partial charge in [0.05, 0.1) is 17.3 Å². The normalized spacial score (nSPS) is 30.4. The van der Waals surface area contributed by atoms with Crippen molar-refractivity contribution in [1.82, 2.24) is 10.3 Å². The second-order valence-electron chi connectivity index (χ2n) is 10.3. The van der Waals surface area contributed by atoms with Gasteiger partial charge in [-0.05, 0) is 86.5 Å². The van der Waals surface area contributed by atoms with Gasteiger partial charge in [0.25, 0.3) is 0 Å². The summed E-state index contributed by atoms with van der Waals surface area (Å²) in [6.07, 6.45) is 7.08. The first-order valence-corrected chi connectivity index (χ1v) is 12.4. The van der Waals surface area contributed by atoms with Crippen LogP contribution in [0.15, 0.2) is 42.5 Å². The third-order valence-corrected chi connectivity index (χ3v) is 8.85. The van der Waals surface area contributed by atoms with Gasteiger partial charge in [-0.1, -0.05) is 41.2 Å². The van der Waals surface area contributed by atoms with Gasteiger partial charge in [-0.2, -0.15) is 0 Å². The highest BCUT2D eigenvalue weighted by atomic mass is 32.1. The molecule has 0 aliphatic heterocycles. The summed E-state index contributed by atoms with van der Waals surface area (Å²) < 4.78 is 6.31. The quantitative estimate of drug-likeness (QED) is 0.514. The van der Waals surface area contributed by atoms with Crippen molar-refractivity contribution >= 4 is 32.7 Å². The Morgan fingerprint density at radius 3 is 2.56 bits per heavy atom. The minimum absolute atomic E-state index is 0.112. The Hall–Kier alpha value is -2.60. The molecule has 7 rings (SSSR count). The van der Waals surface area contributed by atoms with E-state index >= 15 is 0 Å². The molecule has 0 radical (unpaired) electrons. The van der Waals surface area contributed by atoms with E-state index in [0.717, 1.165) is 35.2 Å². The van der Waals surface area contributed by atoms with Crippen LogP contribution in [-0.4, -0.2) is 23.7 Å². The Kier molecular flexibility index (Phi) is 4.51. The van der Waals surface area contributed by atoms with E-state index < -0.39 is 0 Å². The van der Waals surface area contributed by atoms with Gasteiger partial charge in [0.2, 0.25) is 0 Å². The smallest absolute Gasteiger partial charge is 0.321 e. The number of hydrogen-bond donors (Lipinski definition) is 2. The van der Waals surface area contributed by atoms with Gasteiger partial charge in [-0.15, -0.1) is 0 Å². The fraction of sp³-hybridized carbons (Fsp3) is 0.462. The zero-order valence-electron chi connectivity index (χ0n) is 18.6. The number of carbonyl (C=O) groups excluding carboxylic acids is 1. The molecule has 4 aliphatic rings. The molecular weight excluding hydrogens is 418 g/mol. The van der Waals surface area contributed by atoms with E-state index in [-0.39, 0.29) is 17.0 Å². The zero-order chi connectivity index (χ0) is 21.9. The van der Waals surface area contributed by atoms with E-state index in [1.54, 1.807) is 7.11 Å². The number of hydrogen-bond acceptors (Lipinski definition) is 4. The highest BCUT2D eigenvalue weighted by Crippen LogP contribution is 2.62. The minimum Gasteiger partial charge on any atom is -0.497 e. The number of carbonyl (C=O) groups is 1. The fourth-order valence-corrected chi connectivity index (χ4v) is 8.00. The lowest BCUT2D eigenvalue weighted by Crippen LogP contribution is -2.64. The Morgan fingerprint density at radius 2 is 1.84 bits per heavy atom. The highest BCUT2D eigenvalue weighted by molar-refractivity contribution is 7.22. The maximum Gasteiger partial charge on any atom is 0.321 e. The topological polar surface area (TPSA) is 63.2 Å². The number of ether oxygens (including phenoxy) is 1. The van der Waals surface area contributed by atoms with Gasteiger partial charge < -0.3 is 10.1 Å². The average Bonchev–Trinajstić information content (AvgIpc) is 3.13. The standard InChI is InChI=1S/C26H29N3O2S/c1-16-3-5-19(6-4-16)25-11-17-9-18(12-25)14-26(13-17,15-25)29-23(30)28-24-27-21-8-7-20(31-2)10-22(21)32-24/h3-8,10,17-18H,9,11-15H2,1-2H3,(H2,27,28,29,30)/t17-,18-,25?,26?/m0/s1. The number of anilines is 1. The predicted octanol–water partition coefficient (Wildman–Crippen LogP) is 6.03. The molecule has 4 fully saturated rings. The van der Waals surface area contributed by atoms with Crippen molar-refractivity contribution in [2.24, 2.45) is 11.8 Å². The number of benzene rings is 2. The van der Waals surface area contributed by atoms with Crippen molar-refractivity contribution in [1.29, 1.82) is 0 Å². The van der Waals surface area contributed by atoms with Crippen LogP contribution in [0.2, 0.25) is 0 Å². The van der Waals surface area contributed by atoms with Crippen molar-refractivity contribution < 1.29 is 9.53 Å². The molecule has 3 aromatic rings. The van der Waals surface area contributed by atoms with Crippen LogP contribution in [-0.2, 0) is 5.41 Å². The molecule has 2 aromatic carbocycles. The monoisotopic (exact) mass is 447 g/mol. The lowest BCUT2D eigenvalue weighted by atomic mass is 9.45.